The molecule has 1 saturated carbocycles. The molecule has 1 radical (unpaired) electrons. The van der Waals surface area contributed by atoms with Gasteiger partial charge in [0.05, 0.1) is 12.7 Å². The third-order valence-corrected chi connectivity index (χ3v) is 1.61. The standard InChI is InChI=1S/C7H11O2/c8-5-2-6-9-7-3-1-4-7/h7H,1-4,6H2. The summed E-state index contributed by atoms with van der Waals surface area (Å²) in [5.74, 6) is 0. The molecule has 0 spiro atoms. The van der Waals surface area contributed by atoms with Gasteiger partial charge in [-0.15, -0.1) is 0 Å². The lowest BCUT2D eigenvalue weighted by Gasteiger charge is -2.24. The summed E-state index contributed by atoms with van der Waals surface area (Å²) in [6.45, 7) is 0.564. The number of hydrogen-bond donors (Lipinski definition) is 0. The van der Waals surface area contributed by atoms with Crippen molar-refractivity contribution in [3.63, 3.8) is 0 Å². The molecule has 1 rings (SSSR count). The molecule has 0 bridgehead atoms. The molecule has 1 fully saturated rings. The maximum Gasteiger partial charge on any atom is 0.200 e. The summed E-state index contributed by atoms with van der Waals surface area (Å²) in [7, 11) is 0. The summed E-state index contributed by atoms with van der Waals surface area (Å²) in [5, 5.41) is 0. The van der Waals surface area contributed by atoms with Gasteiger partial charge in [0, 0.05) is 6.42 Å². The Bertz CT molecular complexity index is 86.9. The molecule has 0 atom stereocenters. The first kappa shape index (κ1) is 6.75. The summed E-state index contributed by atoms with van der Waals surface area (Å²) in [6, 6.07) is 0. The molecule has 9 heavy (non-hydrogen) atoms. The summed E-state index contributed by atoms with van der Waals surface area (Å²) >= 11 is 0. The highest BCUT2D eigenvalue weighted by Gasteiger charge is 2.16. The second-order valence-corrected chi connectivity index (χ2v) is 2.32. The molecule has 2 heteroatoms. The normalized spacial score (nSPS) is 19.1. The highest BCUT2D eigenvalue weighted by atomic mass is 16.5. The van der Waals surface area contributed by atoms with Crippen LogP contribution in [0.25, 0.3) is 0 Å². The Morgan fingerprint density at radius 2 is 2.33 bits per heavy atom. The topological polar surface area (TPSA) is 26.3 Å². The number of hydrogen-bond acceptors (Lipinski definition) is 2. The molecule has 0 unspecified atom stereocenters. The zero-order chi connectivity index (χ0) is 6.53. The molecule has 0 heterocycles. The van der Waals surface area contributed by atoms with Gasteiger partial charge in [0.1, 0.15) is 0 Å². The van der Waals surface area contributed by atoms with Crippen LogP contribution in [0.2, 0.25) is 0 Å². The van der Waals surface area contributed by atoms with Crippen molar-refractivity contribution in [1.82, 2.24) is 0 Å². The molecule has 0 aromatic rings. The fourth-order valence-corrected chi connectivity index (χ4v) is 0.805. The van der Waals surface area contributed by atoms with Gasteiger partial charge >= 0.3 is 0 Å². The second-order valence-electron chi connectivity index (χ2n) is 2.32. The quantitative estimate of drug-likeness (QED) is 0.528. The van der Waals surface area contributed by atoms with Crippen LogP contribution in [0.1, 0.15) is 25.7 Å². The molecule has 0 aromatic carbocycles. The molecule has 51 valence electrons. The van der Waals surface area contributed by atoms with Crippen molar-refractivity contribution in [2.24, 2.45) is 0 Å². The Balaban J connectivity index is 1.85. The van der Waals surface area contributed by atoms with E-state index in [-0.39, 0.29) is 0 Å². The van der Waals surface area contributed by atoms with Gasteiger partial charge in [-0.2, -0.15) is 0 Å². The first-order chi connectivity index (χ1) is 4.43. The van der Waals surface area contributed by atoms with Gasteiger partial charge in [0.25, 0.3) is 0 Å². The summed E-state index contributed by atoms with van der Waals surface area (Å²) < 4.78 is 5.26. The van der Waals surface area contributed by atoms with E-state index in [9.17, 15) is 4.79 Å². The first-order valence-corrected chi connectivity index (χ1v) is 3.40. The van der Waals surface area contributed by atoms with Crippen molar-refractivity contribution >= 4 is 6.29 Å². The second kappa shape index (κ2) is 3.62. The van der Waals surface area contributed by atoms with E-state index in [1.807, 2.05) is 0 Å². The van der Waals surface area contributed by atoms with Gasteiger partial charge in [-0.25, -0.2) is 0 Å². The van der Waals surface area contributed by atoms with Gasteiger partial charge in [-0.3, -0.25) is 4.79 Å². The minimum absolute atomic E-state index is 0.427. The molecule has 0 saturated heterocycles. The number of carbonyl (C=O) groups excluding carboxylic acids is 1. The van der Waals surface area contributed by atoms with Crippen molar-refractivity contribution in [3.05, 3.63) is 0 Å². The van der Waals surface area contributed by atoms with Crippen molar-refractivity contribution in [3.8, 4) is 0 Å². The lowest BCUT2D eigenvalue weighted by atomic mass is 9.96. The Morgan fingerprint density at radius 3 is 2.78 bits per heavy atom. The number of ether oxygens (including phenoxy) is 1. The molecular formula is C7H11O2. The van der Waals surface area contributed by atoms with E-state index in [1.165, 1.54) is 19.3 Å². The van der Waals surface area contributed by atoms with E-state index in [4.69, 9.17) is 4.74 Å². The van der Waals surface area contributed by atoms with Crippen LogP contribution in [0, 0.1) is 0 Å². The highest BCUT2D eigenvalue weighted by Crippen LogP contribution is 2.21. The third kappa shape index (κ3) is 2.14. The first-order valence-electron chi connectivity index (χ1n) is 3.40. The van der Waals surface area contributed by atoms with Crippen LogP contribution in [0.5, 0.6) is 0 Å². The average molecular weight is 127 g/mol. The molecule has 0 aliphatic heterocycles. The monoisotopic (exact) mass is 127 g/mol. The van der Waals surface area contributed by atoms with E-state index in [0.29, 0.717) is 19.1 Å². The van der Waals surface area contributed by atoms with Gasteiger partial charge in [0.2, 0.25) is 6.29 Å². The lowest BCUT2D eigenvalue weighted by Crippen LogP contribution is -2.21. The average Bonchev–Trinajstić information content (AvgIpc) is 1.76. The predicted molar refractivity (Wildman–Crippen MR) is 33.9 cm³/mol. The van der Waals surface area contributed by atoms with Crippen LogP contribution < -0.4 is 0 Å². The van der Waals surface area contributed by atoms with Crippen molar-refractivity contribution in [2.75, 3.05) is 6.61 Å². The molecule has 0 N–H and O–H groups in total. The van der Waals surface area contributed by atoms with Crippen LogP contribution in [0.15, 0.2) is 0 Å². The van der Waals surface area contributed by atoms with E-state index in [0.717, 1.165) is 0 Å². The largest absolute Gasteiger partial charge is 0.378 e. The molecule has 1 aliphatic carbocycles. The van der Waals surface area contributed by atoms with E-state index < -0.39 is 0 Å². The fraction of sp³-hybridized carbons (Fsp3) is 0.857. The SMILES string of the molecule is O=[C]CCOC1CCC1. The minimum atomic E-state index is 0.427. The molecule has 0 amide bonds. The van der Waals surface area contributed by atoms with Crippen LogP contribution in [-0.4, -0.2) is 19.0 Å². The van der Waals surface area contributed by atoms with Gasteiger partial charge in [0.15, 0.2) is 0 Å². The van der Waals surface area contributed by atoms with Crippen molar-refractivity contribution < 1.29 is 9.53 Å². The van der Waals surface area contributed by atoms with Crippen LogP contribution >= 0.6 is 0 Å². The van der Waals surface area contributed by atoms with Crippen LogP contribution in [0.3, 0.4) is 0 Å². The fourth-order valence-electron chi connectivity index (χ4n) is 0.805. The third-order valence-electron chi connectivity index (χ3n) is 1.61. The Hall–Kier alpha value is -0.370. The van der Waals surface area contributed by atoms with Crippen molar-refractivity contribution in [1.29, 1.82) is 0 Å². The van der Waals surface area contributed by atoms with E-state index in [2.05, 4.69) is 0 Å². The summed E-state index contributed by atoms with van der Waals surface area (Å²) in [5.41, 5.74) is 0. The van der Waals surface area contributed by atoms with E-state index >= 15 is 0 Å². The predicted octanol–water partition coefficient (Wildman–Crippen LogP) is 1.06. The van der Waals surface area contributed by atoms with Crippen LogP contribution in [-0.2, 0) is 9.53 Å². The Morgan fingerprint density at radius 1 is 1.56 bits per heavy atom. The van der Waals surface area contributed by atoms with E-state index in [1.54, 1.807) is 6.29 Å². The highest BCUT2D eigenvalue weighted by molar-refractivity contribution is 5.50. The number of rotatable bonds is 4. The maximum absolute atomic E-state index is 9.69. The van der Waals surface area contributed by atoms with Gasteiger partial charge in [-0.1, -0.05) is 0 Å². The zero-order valence-corrected chi connectivity index (χ0v) is 5.43. The minimum Gasteiger partial charge on any atom is -0.378 e. The Labute approximate surface area is 55.2 Å². The van der Waals surface area contributed by atoms with Crippen LogP contribution in [0.4, 0.5) is 0 Å². The Kier molecular flexibility index (Phi) is 2.71. The zero-order valence-electron chi connectivity index (χ0n) is 5.43. The molecule has 0 aromatic heterocycles. The summed E-state index contributed by atoms with van der Waals surface area (Å²) in [4.78, 5) is 9.69. The van der Waals surface area contributed by atoms with Crippen molar-refractivity contribution in [2.45, 2.75) is 31.8 Å². The molecule has 2 nitrogen and oxygen atoms in total. The molecular weight excluding hydrogens is 116 g/mol. The maximum atomic E-state index is 9.69. The lowest BCUT2D eigenvalue weighted by molar-refractivity contribution is 0.00617. The molecule has 1 aliphatic rings. The summed E-state index contributed by atoms with van der Waals surface area (Å²) in [6.07, 6.45) is 6.33. The van der Waals surface area contributed by atoms with Gasteiger partial charge < -0.3 is 4.74 Å². The smallest absolute Gasteiger partial charge is 0.200 e. The van der Waals surface area contributed by atoms with Gasteiger partial charge in [-0.05, 0) is 19.3 Å².